The summed E-state index contributed by atoms with van der Waals surface area (Å²) in [4.78, 5) is 20.8. The van der Waals surface area contributed by atoms with Gasteiger partial charge in [-0.3, -0.25) is 0 Å². The van der Waals surface area contributed by atoms with E-state index in [9.17, 15) is 9.90 Å². The van der Waals surface area contributed by atoms with Crippen molar-refractivity contribution in [3.8, 4) is 17.1 Å². The fourth-order valence-corrected chi connectivity index (χ4v) is 3.54. The van der Waals surface area contributed by atoms with Crippen LogP contribution in [0.15, 0.2) is 54.9 Å². The van der Waals surface area contributed by atoms with E-state index in [-0.39, 0.29) is 0 Å². The fourth-order valence-electron chi connectivity index (χ4n) is 3.54. The standard InChI is InChI=1S/C24H22N2O3/c27-24(28)21-12-17(16-5-6-16)7-8-18(21)11-15-13-25-23(26-14-15)20-3-1-2-4-22(20)29-19-9-10-19/h1-4,7-8,12-14,16,19H,5-6,9-11H2,(H,27,28). The first-order valence-corrected chi connectivity index (χ1v) is 10.1. The molecule has 5 heteroatoms. The molecule has 0 aliphatic heterocycles. The predicted octanol–water partition coefficient (Wildman–Crippen LogP) is 4.85. The minimum Gasteiger partial charge on any atom is -0.490 e. The molecule has 29 heavy (non-hydrogen) atoms. The lowest BCUT2D eigenvalue weighted by atomic mass is 9.97. The molecule has 0 amide bonds. The zero-order chi connectivity index (χ0) is 19.8. The molecule has 0 radical (unpaired) electrons. The van der Waals surface area contributed by atoms with E-state index in [2.05, 4.69) is 16.0 Å². The normalized spacial score (nSPS) is 15.9. The Morgan fingerprint density at radius 1 is 1.03 bits per heavy atom. The molecule has 0 spiro atoms. The molecule has 146 valence electrons. The molecule has 2 aromatic carbocycles. The van der Waals surface area contributed by atoms with Crippen LogP contribution in [0, 0.1) is 0 Å². The second-order valence-electron chi connectivity index (χ2n) is 7.90. The van der Waals surface area contributed by atoms with Gasteiger partial charge in [0.2, 0.25) is 0 Å². The SMILES string of the molecule is O=C(O)c1cc(C2CC2)ccc1Cc1cnc(-c2ccccc2OC2CC2)nc1. The number of para-hydroxylation sites is 1. The van der Waals surface area contributed by atoms with Crippen molar-refractivity contribution in [1.82, 2.24) is 9.97 Å². The minimum atomic E-state index is -0.883. The lowest BCUT2D eigenvalue weighted by molar-refractivity contribution is 0.0695. The summed E-state index contributed by atoms with van der Waals surface area (Å²) in [5.41, 5.74) is 4.06. The zero-order valence-electron chi connectivity index (χ0n) is 16.0. The third kappa shape index (κ3) is 3.99. The number of aromatic nitrogens is 2. The van der Waals surface area contributed by atoms with Gasteiger partial charge in [0.25, 0.3) is 0 Å². The average Bonchev–Trinajstić information content (AvgIpc) is 3.64. The minimum absolute atomic E-state index is 0.309. The van der Waals surface area contributed by atoms with Crippen molar-refractivity contribution in [2.24, 2.45) is 0 Å². The second kappa shape index (κ2) is 7.32. The fraction of sp³-hybridized carbons (Fsp3) is 0.292. The highest BCUT2D eigenvalue weighted by Gasteiger charge is 2.26. The monoisotopic (exact) mass is 386 g/mol. The van der Waals surface area contributed by atoms with Crippen molar-refractivity contribution in [3.05, 3.63) is 77.1 Å². The molecule has 0 bridgehead atoms. The average molecular weight is 386 g/mol. The molecule has 1 N–H and O–H groups in total. The first-order valence-electron chi connectivity index (χ1n) is 10.1. The van der Waals surface area contributed by atoms with Crippen LogP contribution < -0.4 is 4.74 Å². The summed E-state index contributed by atoms with van der Waals surface area (Å²) in [7, 11) is 0. The lowest BCUT2D eigenvalue weighted by Gasteiger charge is -2.11. The molecule has 0 unspecified atom stereocenters. The molecule has 2 aliphatic carbocycles. The van der Waals surface area contributed by atoms with E-state index < -0.39 is 5.97 Å². The van der Waals surface area contributed by atoms with Gasteiger partial charge in [0.05, 0.1) is 17.2 Å². The molecular formula is C24H22N2O3. The van der Waals surface area contributed by atoms with Gasteiger partial charge < -0.3 is 9.84 Å². The quantitative estimate of drug-likeness (QED) is 0.628. The Labute approximate surface area is 169 Å². The Kier molecular flexibility index (Phi) is 4.51. The van der Waals surface area contributed by atoms with Crippen LogP contribution >= 0.6 is 0 Å². The number of aromatic carboxylic acids is 1. The van der Waals surface area contributed by atoms with Crippen molar-refractivity contribution in [1.29, 1.82) is 0 Å². The van der Waals surface area contributed by atoms with E-state index >= 15 is 0 Å². The maximum atomic E-state index is 11.7. The summed E-state index contributed by atoms with van der Waals surface area (Å²) in [5, 5.41) is 9.63. The smallest absolute Gasteiger partial charge is 0.335 e. The largest absolute Gasteiger partial charge is 0.490 e. The lowest BCUT2D eigenvalue weighted by Crippen LogP contribution is -2.05. The number of ether oxygens (including phenoxy) is 1. The molecular weight excluding hydrogens is 364 g/mol. The maximum absolute atomic E-state index is 11.7. The molecule has 0 atom stereocenters. The van der Waals surface area contributed by atoms with E-state index in [0.29, 0.717) is 29.8 Å². The van der Waals surface area contributed by atoms with Crippen LogP contribution in [0.4, 0.5) is 0 Å². The van der Waals surface area contributed by atoms with E-state index in [0.717, 1.165) is 53.7 Å². The molecule has 2 fully saturated rings. The van der Waals surface area contributed by atoms with E-state index in [1.54, 1.807) is 12.4 Å². The summed E-state index contributed by atoms with van der Waals surface area (Å²) in [6, 6.07) is 13.6. The van der Waals surface area contributed by atoms with Gasteiger partial charge in [-0.05, 0) is 66.5 Å². The van der Waals surface area contributed by atoms with E-state index in [4.69, 9.17) is 4.74 Å². The van der Waals surface area contributed by atoms with Gasteiger partial charge in [0.1, 0.15) is 5.75 Å². The summed E-state index contributed by atoms with van der Waals surface area (Å²) >= 11 is 0. The van der Waals surface area contributed by atoms with Crippen LogP contribution in [0.1, 0.15) is 58.6 Å². The number of rotatable bonds is 7. The van der Waals surface area contributed by atoms with Crippen molar-refractivity contribution in [2.75, 3.05) is 0 Å². The molecule has 1 heterocycles. The van der Waals surface area contributed by atoms with Gasteiger partial charge in [-0.25, -0.2) is 14.8 Å². The van der Waals surface area contributed by atoms with Gasteiger partial charge in [-0.15, -0.1) is 0 Å². The Morgan fingerprint density at radius 2 is 1.79 bits per heavy atom. The maximum Gasteiger partial charge on any atom is 0.335 e. The third-order valence-electron chi connectivity index (χ3n) is 5.46. The van der Waals surface area contributed by atoms with E-state index in [1.807, 2.05) is 36.4 Å². The number of hydrogen-bond donors (Lipinski definition) is 1. The highest BCUT2D eigenvalue weighted by Crippen LogP contribution is 2.40. The summed E-state index contributed by atoms with van der Waals surface area (Å²) < 4.78 is 5.97. The summed E-state index contributed by atoms with van der Waals surface area (Å²) in [5.74, 6) is 1.08. The first-order chi connectivity index (χ1) is 14.2. The van der Waals surface area contributed by atoms with Gasteiger partial charge in [-0.1, -0.05) is 24.3 Å². The van der Waals surface area contributed by atoms with Crippen LogP contribution in [0.2, 0.25) is 0 Å². The molecule has 2 aliphatic rings. The van der Waals surface area contributed by atoms with Crippen LogP contribution in [-0.4, -0.2) is 27.1 Å². The Bertz CT molecular complexity index is 1050. The van der Waals surface area contributed by atoms with Crippen molar-refractivity contribution in [3.63, 3.8) is 0 Å². The Hall–Kier alpha value is -3.21. The first kappa shape index (κ1) is 17.9. The number of hydrogen-bond acceptors (Lipinski definition) is 4. The Balaban J connectivity index is 1.38. The number of carboxylic acids is 1. The molecule has 3 aromatic rings. The van der Waals surface area contributed by atoms with Crippen LogP contribution in [0.5, 0.6) is 5.75 Å². The highest BCUT2D eigenvalue weighted by molar-refractivity contribution is 5.89. The zero-order valence-corrected chi connectivity index (χ0v) is 16.0. The molecule has 5 nitrogen and oxygen atoms in total. The molecule has 0 saturated heterocycles. The van der Waals surface area contributed by atoms with E-state index in [1.165, 1.54) is 0 Å². The number of nitrogens with zero attached hydrogens (tertiary/aromatic N) is 2. The van der Waals surface area contributed by atoms with Crippen LogP contribution in [0.25, 0.3) is 11.4 Å². The molecule has 5 rings (SSSR count). The topological polar surface area (TPSA) is 72.3 Å². The van der Waals surface area contributed by atoms with Crippen molar-refractivity contribution < 1.29 is 14.6 Å². The summed E-state index contributed by atoms with van der Waals surface area (Å²) in [6.07, 6.45) is 8.85. The Morgan fingerprint density at radius 3 is 2.48 bits per heavy atom. The number of carbonyl (C=O) groups is 1. The van der Waals surface area contributed by atoms with Crippen LogP contribution in [-0.2, 0) is 6.42 Å². The van der Waals surface area contributed by atoms with Gasteiger partial charge in [0, 0.05) is 18.8 Å². The third-order valence-corrected chi connectivity index (χ3v) is 5.46. The molecule has 1 aromatic heterocycles. The second-order valence-corrected chi connectivity index (χ2v) is 7.90. The number of carboxylic acid groups (broad SMARTS) is 1. The van der Waals surface area contributed by atoms with Crippen molar-refractivity contribution in [2.45, 2.75) is 44.1 Å². The highest BCUT2D eigenvalue weighted by atomic mass is 16.5. The van der Waals surface area contributed by atoms with Gasteiger partial charge in [0.15, 0.2) is 5.82 Å². The van der Waals surface area contributed by atoms with Crippen molar-refractivity contribution >= 4 is 5.97 Å². The summed E-state index contributed by atoms with van der Waals surface area (Å²) in [6.45, 7) is 0. The predicted molar refractivity (Wildman–Crippen MR) is 109 cm³/mol. The van der Waals surface area contributed by atoms with Gasteiger partial charge >= 0.3 is 5.97 Å². The van der Waals surface area contributed by atoms with Crippen LogP contribution in [0.3, 0.4) is 0 Å². The molecule has 2 saturated carbocycles. The number of benzene rings is 2. The van der Waals surface area contributed by atoms with Gasteiger partial charge in [-0.2, -0.15) is 0 Å².